The molecule has 3 heterocycles. The molecule has 2 fully saturated rings. The highest BCUT2D eigenvalue weighted by Gasteiger charge is 2.18. The van der Waals surface area contributed by atoms with Crippen molar-refractivity contribution < 1.29 is 0 Å². The van der Waals surface area contributed by atoms with E-state index in [2.05, 4.69) is 67.6 Å². The molecule has 0 bridgehead atoms. The van der Waals surface area contributed by atoms with Crippen molar-refractivity contribution in [2.45, 2.75) is 51.6 Å². The van der Waals surface area contributed by atoms with E-state index in [0.717, 1.165) is 55.4 Å². The van der Waals surface area contributed by atoms with Gasteiger partial charge in [-0.1, -0.05) is 31.4 Å². The molecule has 0 unspecified atom stereocenters. The second kappa shape index (κ2) is 9.42. The van der Waals surface area contributed by atoms with Crippen molar-refractivity contribution in [1.82, 2.24) is 29.7 Å². The van der Waals surface area contributed by atoms with E-state index in [4.69, 9.17) is 4.98 Å². The number of benzene rings is 1. The molecule has 0 atom stereocenters. The van der Waals surface area contributed by atoms with Crippen LogP contribution in [0.15, 0.2) is 24.5 Å². The lowest BCUT2D eigenvalue weighted by molar-refractivity contribution is 0.148. The summed E-state index contributed by atoms with van der Waals surface area (Å²) >= 11 is 0. The average molecular weight is 435 g/mol. The van der Waals surface area contributed by atoms with E-state index in [9.17, 15) is 0 Å². The van der Waals surface area contributed by atoms with Gasteiger partial charge in [0.25, 0.3) is 0 Å². The predicted octanol–water partition coefficient (Wildman–Crippen LogP) is 3.90. The van der Waals surface area contributed by atoms with E-state index >= 15 is 0 Å². The first kappa shape index (κ1) is 21.2. The molecule has 0 spiro atoms. The fourth-order valence-electron chi connectivity index (χ4n) is 4.78. The third-order valence-corrected chi connectivity index (χ3v) is 6.76. The largest absolute Gasteiger partial charge is 0.365 e. The van der Waals surface area contributed by atoms with Gasteiger partial charge in [-0.3, -0.25) is 4.90 Å². The normalized spacial score (nSPS) is 18.8. The van der Waals surface area contributed by atoms with Crippen LogP contribution < -0.4 is 10.6 Å². The number of nitrogens with zero attached hydrogens (tertiary/aromatic N) is 5. The zero-order valence-corrected chi connectivity index (χ0v) is 19.2. The highest BCUT2D eigenvalue weighted by molar-refractivity contribution is 5.84. The van der Waals surface area contributed by atoms with Gasteiger partial charge in [0.1, 0.15) is 5.52 Å². The molecule has 2 aliphatic rings. The van der Waals surface area contributed by atoms with Gasteiger partial charge in [-0.05, 0) is 44.0 Å². The van der Waals surface area contributed by atoms with Gasteiger partial charge < -0.3 is 20.5 Å². The molecule has 1 saturated heterocycles. The number of aromatic nitrogens is 4. The Hall–Kier alpha value is -2.71. The number of hydrogen-bond acceptors (Lipinski definition) is 7. The van der Waals surface area contributed by atoms with E-state index < -0.39 is 0 Å². The number of imidazole rings is 1. The van der Waals surface area contributed by atoms with Crippen molar-refractivity contribution in [3.63, 3.8) is 0 Å². The number of fused-ring (bicyclic) bond motifs is 1. The van der Waals surface area contributed by atoms with Crippen LogP contribution in [-0.4, -0.2) is 69.0 Å². The average Bonchev–Trinajstić information content (AvgIpc) is 3.27. The Kier molecular flexibility index (Phi) is 6.23. The molecule has 1 aliphatic carbocycles. The lowest BCUT2D eigenvalue weighted by Crippen LogP contribution is -2.43. The molecule has 2 aromatic heterocycles. The Balaban J connectivity index is 1.31. The fourth-order valence-corrected chi connectivity index (χ4v) is 4.78. The van der Waals surface area contributed by atoms with Crippen LogP contribution in [0.3, 0.4) is 0 Å². The lowest BCUT2D eigenvalue weighted by Gasteiger charge is -2.32. The first-order valence-corrected chi connectivity index (χ1v) is 11.9. The first-order valence-electron chi connectivity index (χ1n) is 11.9. The number of nitrogens with one attached hydrogen (secondary N) is 3. The summed E-state index contributed by atoms with van der Waals surface area (Å²) in [7, 11) is 2.20. The summed E-state index contributed by atoms with van der Waals surface area (Å²) in [6.45, 7) is 7.69. The van der Waals surface area contributed by atoms with Gasteiger partial charge in [-0.2, -0.15) is 9.97 Å². The van der Waals surface area contributed by atoms with Gasteiger partial charge >= 0.3 is 0 Å². The quantitative estimate of drug-likeness (QED) is 0.543. The Morgan fingerprint density at radius 2 is 1.88 bits per heavy atom. The molecule has 8 heteroatoms. The molecule has 0 amide bonds. The Morgan fingerprint density at radius 1 is 1.06 bits per heavy atom. The standard InChI is InChI=1S/C24H34N8/c1-17-14-18(15-32-12-10-31(2)11-13-32)8-9-20(17)28-24-29-22-21(25-16-26-22)23(30-24)27-19-6-4-3-5-7-19/h8-9,14,16,19H,3-7,10-13,15H2,1-2H3,(H3,25,26,27,28,29,30). The molecule has 0 radical (unpaired) electrons. The SMILES string of the molecule is Cc1cc(CN2CCN(C)CC2)ccc1Nc1nc(NC2CCCCC2)c2nc[nH]c2n1. The lowest BCUT2D eigenvalue weighted by atomic mass is 9.95. The van der Waals surface area contributed by atoms with Crippen LogP contribution in [0.1, 0.15) is 43.2 Å². The molecule has 1 saturated carbocycles. The summed E-state index contributed by atoms with van der Waals surface area (Å²) in [5.74, 6) is 1.41. The number of anilines is 3. The third-order valence-electron chi connectivity index (χ3n) is 6.76. The van der Waals surface area contributed by atoms with Crippen LogP contribution in [-0.2, 0) is 6.54 Å². The number of aryl methyl sites for hydroxylation is 1. The topological polar surface area (TPSA) is 85.0 Å². The number of piperazine rings is 1. The van der Waals surface area contributed by atoms with E-state index in [-0.39, 0.29) is 0 Å². The van der Waals surface area contributed by atoms with Gasteiger partial charge in [-0.15, -0.1) is 0 Å². The molecule has 8 nitrogen and oxygen atoms in total. The molecule has 3 aromatic rings. The van der Waals surface area contributed by atoms with Crippen LogP contribution in [0.5, 0.6) is 0 Å². The van der Waals surface area contributed by atoms with Gasteiger partial charge in [0, 0.05) is 44.5 Å². The van der Waals surface area contributed by atoms with Crippen LogP contribution in [0.2, 0.25) is 0 Å². The van der Waals surface area contributed by atoms with Crippen molar-refractivity contribution >= 4 is 28.6 Å². The Morgan fingerprint density at radius 3 is 2.66 bits per heavy atom. The summed E-state index contributed by atoms with van der Waals surface area (Å²) in [6, 6.07) is 7.09. The minimum atomic E-state index is 0.460. The second-order valence-corrected chi connectivity index (χ2v) is 9.33. The highest BCUT2D eigenvalue weighted by atomic mass is 15.2. The summed E-state index contributed by atoms with van der Waals surface area (Å²) in [4.78, 5) is 22.0. The highest BCUT2D eigenvalue weighted by Crippen LogP contribution is 2.27. The Bertz CT molecular complexity index is 1050. The minimum Gasteiger partial charge on any atom is -0.365 e. The maximum Gasteiger partial charge on any atom is 0.231 e. The molecule has 1 aromatic carbocycles. The number of H-pyrrole nitrogens is 1. The zero-order chi connectivity index (χ0) is 21.9. The zero-order valence-electron chi connectivity index (χ0n) is 19.2. The molecule has 1 aliphatic heterocycles. The van der Waals surface area contributed by atoms with E-state index in [1.807, 2.05) is 0 Å². The second-order valence-electron chi connectivity index (χ2n) is 9.33. The van der Waals surface area contributed by atoms with Gasteiger partial charge in [-0.25, -0.2) is 4.98 Å². The van der Waals surface area contributed by atoms with Crippen LogP contribution >= 0.6 is 0 Å². The molecule has 32 heavy (non-hydrogen) atoms. The van der Waals surface area contributed by atoms with Crippen molar-refractivity contribution in [1.29, 1.82) is 0 Å². The molecule has 5 rings (SSSR count). The summed E-state index contributed by atoms with van der Waals surface area (Å²) in [5.41, 5.74) is 5.15. The number of hydrogen-bond donors (Lipinski definition) is 3. The van der Waals surface area contributed by atoms with Crippen LogP contribution in [0, 0.1) is 6.92 Å². The maximum absolute atomic E-state index is 4.80. The maximum atomic E-state index is 4.80. The van der Waals surface area contributed by atoms with Crippen molar-refractivity contribution in [2.24, 2.45) is 0 Å². The number of likely N-dealkylation sites (N-methyl/N-ethyl adjacent to an activating group) is 1. The summed E-state index contributed by atoms with van der Waals surface area (Å²) in [6.07, 6.45) is 7.94. The number of rotatable bonds is 6. The van der Waals surface area contributed by atoms with E-state index in [1.165, 1.54) is 43.2 Å². The summed E-state index contributed by atoms with van der Waals surface area (Å²) < 4.78 is 0. The fraction of sp³-hybridized carbons (Fsp3) is 0.542. The summed E-state index contributed by atoms with van der Waals surface area (Å²) in [5, 5.41) is 7.06. The number of aromatic amines is 1. The molecule has 3 N–H and O–H groups in total. The van der Waals surface area contributed by atoms with Gasteiger partial charge in [0.05, 0.1) is 6.33 Å². The predicted molar refractivity (Wildman–Crippen MR) is 129 cm³/mol. The van der Waals surface area contributed by atoms with Crippen LogP contribution in [0.25, 0.3) is 11.2 Å². The Labute approximate surface area is 189 Å². The molecular weight excluding hydrogens is 400 g/mol. The smallest absolute Gasteiger partial charge is 0.231 e. The van der Waals surface area contributed by atoms with Crippen molar-refractivity contribution in [2.75, 3.05) is 43.9 Å². The molecule has 170 valence electrons. The van der Waals surface area contributed by atoms with E-state index in [1.54, 1.807) is 6.33 Å². The van der Waals surface area contributed by atoms with Crippen molar-refractivity contribution in [3.05, 3.63) is 35.7 Å². The van der Waals surface area contributed by atoms with Crippen LogP contribution in [0.4, 0.5) is 17.5 Å². The monoisotopic (exact) mass is 434 g/mol. The van der Waals surface area contributed by atoms with E-state index in [0.29, 0.717) is 12.0 Å². The van der Waals surface area contributed by atoms with Crippen molar-refractivity contribution in [3.8, 4) is 0 Å². The van der Waals surface area contributed by atoms with Gasteiger partial charge in [0.2, 0.25) is 5.95 Å². The third kappa shape index (κ3) is 4.86. The van der Waals surface area contributed by atoms with Gasteiger partial charge in [0.15, 0.2) is 11.5 Å². The molecular formula is C24H34N8. The first-order chi connectivity index (χ1) is 15.6. The minimum absolute atomic E-state index is 0.460.